The molecule has 0 bridgehead atoms. The fourth-order valence-corrected chi connectivity index (χ4v) is 3.23. The summed E-state index contributed by atoms with van der Waals surface area (Å²) in [6.07, 6.45) is 4.86. The number of hydrogen-bond acceptors (Lipinski definition) is 1. The zero-order valence-electron chi connectivity index (χ0n) is 10.9. The highest BCUT2D eigenvalue weighted by atomic mass is 79.9. The minimum absolute atomic E-state index is 0.648. The maximum absolute atomic E-state index is 6.02. The number of benzene rings is 2. The maximum Gasteiger partial charge on any atom is 0.123 e. The van der Waals surface area contributed by atoms with Crippen molar-refractivity contribution < 1.29 is 4.74 Å². The van der Waals surface area contributed by atoms with E-state index in [0.717, 1.165) is 12.2 Å². The molecule has 2 aromatic carbocycles. The zero-order chi connectivity index (χ0) is 13.1. The maximum atomic E-state index is 6.02. The molecule has 0 aromatic heterocycles. The summed E-state index contributed by atoms with van der Waals surface area (Å²) >= 11 is 3.66. The van der Waals surface area contributed by atoms with Crippen LogP contribution in [0.25, 0.3) is 0 Å². The summed E-state index contributed by atoms with van der Waals surface area (Å²) < 4.78 is 7.26. The molecule has 1 aliphatic rings. The van der Waals surface area contributed by atoms with E-state index in [1.54, 1.807) is 0 Å². The lowest BCUT2D eigenvalue weighted by Gasteiger charge is -2.21. The van der Waals surface area contributed by atoms with Gasteiger partial charge in [-0.15, -0.1) is 0 Å². The second-order valence-corrected chi connectivity index (χ2v) is 5.84. The van der Waals surface area contributed by atoms with E-state index in [1.165, 1.54) is 40.4 Å². The molecule has 19 heavy (non-hydrogen) atoms. The minimum atomic E-state index is 0.648. The second kappa shape index (κ2) is 5.79. The number of fused-ring (bicyclic) bond motifs is 1. The van der Waals surface area contributed by atoms with Crippen LogP contribution in [0.3, 0.4) is 0 Å². The summed E-state index contributed by atoms with van der Waals surface area (Å²) in [7, 11) is 0. The topological polar surface area (TPSA) is 9.23 Å². The summed E-state index contributed by atoms with van der Waals surface area (Å²) in [6.45, 7) is 0.648. The Hall–Kier alpha value is -1.28. The summed E-state index contributed by atoms with van der Waals surface area (Å²) in [6, 6.07) is 14.6. The van der Waals surface area contributed by atoms with Crippen molar-refractivity contribution in [2.75, 3.05) is 0 Å². The average molecular weight is 317 g/mol. The largest absolute Gasteiger partial charge is 0.489 e. The molecule has 0 N–H and O–H groups in total. The van der Waals surface area contributed by atoms with E-state index < -0.39 is 0 Å². The van der Waals surface area contributed by atoms with Crippen LogP contribution in [0.5, 0.6) is 5.75 Å². The Morgan fingerprint density at radius 3 is 2.42 bits per heavy atom. The third-order valence-corrected chi connectivity index (χ3v) is 4.41. The Labute approximate surface area is 122 Å². The normalized spacial score (nSPS) is 13.9. The Morgan fingerprint density at radius 2 is 1.63 bits per heavy atom. The van der Waals surface area contributed by atoms with Crippen molar-refractivity contribution in [3.63, 3.8) is 0 Å². The van der Waals surface area contributed by atoms with Gasteiger partial charge in [0.2, 0.25) is 0 Å². The van der Waals surface area contributed by atoms with E-state index in [4.69, 9.17) is 4.74 Å². The molecule has 98 valence electrons. The van der Waals surface area contributed by atoms with Gasteiger partial charge in [-0.25, -0.2) is 0 Å². The number of halogens is 1. The van der Waals surface area contributed by atoms with Crippen LogP contribution in [0.4, 0.5) is 0 Å². The third-order valence-electron chi connectivity index (χ3n) is 3.67. The predicted molar refractivity (Wildman–Crippen MR) is 81.6 cm³/mol. The third kappa shape index (κ3) is 2.84. The van der Waals surface area contributed by atoms with Crippen LogP contribution < -0.4 is 4.74 Å². The van der Waals surface area contributed by atoms with Crippen molar-refractivity contribution in [3.05, 3.63) is 63.6 Å². The van der Waals surface area contributed by atoms with Gasteiger partial charge >= 0.3 is 0 Å². The van der Waals surface area contributed by atoms with Gasteiger partial charge in [0.15, 0.2) is 0 Å². The highest BCUT2D eigenvalue weighted by molar-refractivity contribution is 9.10. The molecular weight excluding hydrogens is 300 g/mol. The molecule has 0 saturated carbocycles. The van der Waals surface area contributed by atoms with Crippen LogP contribution in [-0.2, 0) is 19.4 Å². The van der Waals surface area contributed by atoms with Crippen molar-refractivity contribution >= 4 is 15.9 Å². The molecule has 0 heterocycles. The van der Waals surface area contributed by atoms with Gasteiger partial charge in [0.25, 0.3) is 0 Å². The van der Waals surface area contributed by atoms with Crippen LogP contribution in [0.1, 0.15) is 29.5 Å². The SMILES string of the molecule is Brc1ccc(OCc2ccccc2)c2c1CCCC2. The molecule has 0 unspecified atom stereocenters. The van der Waals surface area contributed by atoms with Gasteiger partial charge in [0, 0.05) is 4.47 Å². The van der Waals surface area contributed by atoms with E-state index in [9.17, 15) is 0 Å². The fraction of sp³-hybridized carbons (Fsp3) is 0.294. The molecule has 1 nitrogen and oxygen atoms in total. The summed E-state index contributed by atoms with van der Waals surface area (Å²) in [4.78, 5) is 0. The van der Waals surface area contributed by atoms with Crippen LogP contribution in [0, 0.1) is 0 Å². The van der Waals surface area contributed by atoms with Crippen LogP contribution in [0.2, 0.25) is 0 Å². The molecule has 2 aromatic rings. The van der Waals surface area contributed by atoms with Crippen molar-refractivity contribution in [1.82, 2.24) is 0 Å². The monoisotopic (exact) mass is 316 g/mol. The molecule has 0 saturated heterocycles. The molecule has 0 aliphatic heterocycles. The summed E-state index contributed by atoms with van der Waals surface area (Å²) in [5, 5.41) is 0. The highest BCUT2D eigenvalue weighted by Crippen LogP contribution is 2.35. The fourth-order valence-electron chi connectivity index (χ4n) is 2.66. The first-order valence-corrected chi connectivity index (χ1v) is 7.61. The lowest BCUT2D eigenvalue weighted by molar-refractivity contribution is 0.301. The van der Waals surface area contributed by atoms with Crippen molar-refractivity contribution in [3.8, 4) is 5.75 Å². The van der Waals surface area contributed by atoms with Gasteiger partial charge in [0.05, 0.1) is 0 Å². The molecule has 0 fully saturated rings. The Morgan fingerprint density at radius 1 is 0.895 bits per heavy atom. The Bertz CT molecular complexity index is 563. The van der Waals surface area contributed by atoms with Gasteiger partial charge in [-0.1, -0.05) is 46.3 Å². The zero-order valence-corrected chi connectivity index (χ0v) is 12.4. The first kappa shape index (κ1) is 12.7. The smallest absolute Gasteiger partial charge is 0.123 e. The van der Waals surface area contributed by atoms with E-state index >= 15 is 0 Å². The Kier molecular flexibility index (Phi) is 3.88. The molecule has 0 atom stereocenters. The lowest BCUT2D eigenvalue weighted by atomic mass is 9.91. The van der Waals surface area contributed by atoms with Crippen molar-refractivity contribution in [1.29, 1.82) is 0 Å². The van der Waals surface area contributed by atoms with Crippen molar-refractivity contribution in [2.24, 2.45) is 0 Å². The number of hydrogen-bond donors (Lipinski definition) is 0. The minimum Gasteiger partial charge on any atom is -0.489 e. The summed E-state index contributed by atoms with van der Waals surface area (Å²) in [5.74, 6) is 1.06. The van der Waals surface area contributed by atoms with E-state index in [1.807, 2.05) is 6.07 Å². The highest BCUT2D eigenvalue weighted by Gasteiger charge is 2.16. The van der Waals surface area contributed by atoms with E-state index in [0.29, 0.717) is 6.61 Å². The predicted octanol–water partition coefficient (Wildman–Crippen LogP) is 4.91. The Balaban J connectivity index is 1.81. The first-order valence-electron chi connectivity index (χ1n) is 6.81. The molecule has 2 heteroatoms. The van der Waals surface area contributed by atoms with Gasteiger partial charge < -0.3 is 4.74 Å². The number of ether oxygens (including phenoxy) is 1. The van der Waals surface area contributed by atoms with Gasteiger partial charge in [0.1, 0.15) is 12.4 Å². The van der Waals surface area contributed by atoms with E-state index in [-0.39, 0.29) is 0 Å². The molecular formula is C17H17BrO. The summed E-state index contributed by atoms with van der Waals surface area (Å²) in [5.41, 5.74) is 4.06. The molecule has 0 spiro atoms. The number of rotatable bonds is 3. The standard InChI is InChI=1S/C17H17BrO/c18-16-10-11-17(15-9-5-4-8-14(15)16)19-12-13-6-2-1-3-7-13/h1-3,6-7,10-11H,4-5,8-9,12H2. The second-order valence-electron chi connectivity index (χ2n) is 4.98. The lowest BCUT2D eigenvalue weighted by Crippen LogP contribution is -2.07. The average Bonchev–Trinajstić information content (AvgIpc) is 2.48. The molecule has 0 amide bonds. The van der Waals surface area contributed by atoms with Crippen molar-refractivity contribution in [2.45, 2.75) is 32.3 Å². The van der Waals surface area contributed by atoms with E-state index in [2.05, 4.69) is 52.3 Å². The van der Waals surface area contributed by atoms with Gasteiger partial charge in [-0.2, -0.15) is 0 Å². The van der Waals surface area contributed by atoms with Gasteiger partial charge in [-0.05, 0) is 54.5 Å². The molecule has 0 radical (unpaired) electrons. The van der Waals surface area contributed by atoms with Crippen LogP contribution in [-0.4, -0.2) is 0 Å². The first-order chi connectivity index (χ1) is 9.34. The van der Waals surface area contributed by atoms with Crippen LogP contribution >= 0.6 is 15.9 Å². The van der Waals surface area contributed by atoms with Gasteiger partial charge in [-0.3, -0.25) is 0 Å². The van der Waals surface area contributed by atoms with Crippen LogP contribution in [0.15, 0.2) is 46.9 Å². The quantitative estimate of drug-likeness (QED) is 0.782. The molecule has 1 aliphatic carbocycles. The molecule has 3 rings (SSSR count).